The first-order valence-corrected chi connectivity index (χ1v) is 9.70. The third kappa shape index (κ3) is 3.93. The van der Waals surface area contributed by atoms with Gasteiger partial charge < -0.3 is 15.2 Å². The average molecular weight is 397 g/mol. The number of benzene rings is 2. The third-order valence-corrected chi connectivity index (χ3v) is 5.25. The van der Waals surface area contributed by atoms with E-state index in [0.29, 0.717) is 33.8 Å². The molecule has 2 aromatic carbocycles. The quantitative estimate of drug-likeness (QED) is 0.701. The first kappa shape index (κ1) is 18.7. The Kier molecular flexibility index (Phi) is 5.41. The average Bonchev–Trinajstić information content (AvgIpc) is 3.20. The second kappa shape index (κ2) is 8.12. The van der Waals surface area contributed by atoms with Crippen molar-refractivity contribution >= 4 is 17.5 Å². The van der Waals surface area contributed by atoms with Gasteiger partial charge in [-0.15, -0.1) is 0 Å². The van der Waals surface area contributed by atoms with Crippen LogP contribution in [0.5, 0.6) is 0 Å². The van der Waals surface area contributed by atoms with Crippen LogP contribution in [0.25, 0.3) is 22.8 Å². The molecule has 2 unspecified atom stereocenters. The molecule has 0 radical (unpaired) electrons. The number of piperidine rings is 1. The van der Waals surface area contributed by atoms with Gasteiger partial charge in [0.2, 0.25) is 5.82 Å². The van der Waals surface area contributed by atoms with Crippen molar-refractivity contribution in [3.05, 3.63) is 59.1 Å². The molecule has 7 heteroatoms. The van der Waals surface area contributed by atoms with E-state index in [9.17, 15) is 4.79 Å². The minimum atomic E-state index is -0.128. The lowest BCUT2D eigenvalue weighted by molar-refractivity contribution is 0.0914. The van der Waals surface area contributed by atoms with Gasteiger partial charge in [-0.1, -0.05) is 47.9 Å². The summed E-state index contributed by atoms with van der Waals surface area (Å²) in [7, 11) is 0. The molecule has 1 aromatic heterocycles. The van der Waals surface area contributed by atoms with E-state index in [1.165, 1.54) is 0 Å². The predicted octanol–water partition coefficient (Wildman–Crippen LogP) is 3.78. The fraction of sp³-hybridized carbons (Fsp3) is 0.286. The van der Waals surface area contributed by atoms with Crippen LogP contribution in [0.2, 0.25) is 5.02 Å². The largest absolute Gasteiger partial charge is 0.349 e. The van der Waals surface area contributed by atoms with Gasteiger partial charge in [-0.05, 0) is 49.7 Å². The smallest absolute Gasteiger partial charge is 0.259 e. The second-order valence-electron chi connectivity index (χ2n) is 7.03. The zero-order valence-corrected chi connectivity index (χ0v) is 16.2. The van der Waals surface area contributed by atoms with Crippen LogP contribution < -0.4 is 10.6 Å². The summed E-state index contributed by atoms with van der Waals surface area (Å²) in [6, 6.07) is 14.7. The predicted molar refractivity (Wildman–Crippen MR) is 108 cm³/mol. The van der Waals surface area contributed by atoms with Crippen LogP contribution in [0.15, 0.2) is 53.1 Å². The molecular weight excluding hydrogens is 376 g/mol. The number of halogens is 1. The highest BCUT2D eigenvalue weighted by Crippen LogP contribution is 2.26. The summed E-state index contributed by atoms with van der Waals surface area (Å²) in [4.78, 5) is 17.4. The Morgan fingerprint density at radius 2 is 2.11 bits per heavy atom. The topological polar surface area (TPSA) is 80.0 Å². The molecule has 2 heterocycles. The van der Waals surface area contributed by atoms with Crippen molar-refractivity contribution in [1.82, 2.24) is 20.8 Å². The fourth-order valence-corrected chi connectivity index (χ4v) is 3.61. The maximum atomic E-state index is 12.9. The Hall–Kier alpha value is -2.70. The first-order chi connectivity index (χ1) is 13.6. The molecule has 0 saturated carbocycles. The molecule has 2 N–H and O–H groups in total. The Morgan fingerprint density at radius 3 is 2.93 bits per heavy atom. The molecule has 28 heavy (non-hydrogen) atoms. The normalized spacial score (nSPS) is 19.4. The zero-order valence-electron chi connectivity index (χ0n) is 15.5. The summed E-state index contributed by atoms with van der Waals surface area (Å²) in [5.74, 6) is 0.985. The number of aromatic nitrogens is 2. The summed E-state index contributed by atoms with van der Waals surface area (Å²) < 4.78 is 5.45. The van der Waals surface area contributed by atoms with E-state index < -0.39 is 0 Å². The fourth-order valence-electron chi connectivity index (χ4n) is 3.42. The number of carbonyl (C=O) groups is 1. The van der Waals surface area contributed by atoms with Gasteiger partial charge in [-0.3, -0.25) is 4.79 Å². The standard InChI is InChI=1S/C21H21ClN4O2/c1-13-12-23-10-9-18(13)24-20(27)16-7-2-3-8-17(16)21-25-19(26-28-21)14-5-4-6-15(22)11-14/h2-8,11,13,18,23H,9-10,12H2,1H3,(H,24,27). The van der Waals surface area contributed by atoms with Crippen molar-refractivity contribution in [1.29, 1.82) is 0 Å². The molecule has 6 nitrogen and oxygen atoms in total. The van der Waals surface area contributed by atoms with Gasteiger partial charge in [0.25, 0.3) is 11.8 Å². The summed E-state index contributed by atoms with van der Waals surface area (Å²) >= 11 is 6.05. The zero-order chi connectivity index (χ0) is 19.5. The van der Waals surface area contributed by atoms with Crippen molar-refractivity contribution < 1.29 is 9.32 Å². The Bertz CT molecular complexity index is 988. The van der Waals surface area contributed by atoms with Gasteiger partial charge in [-0.25, -0.2) is 0 Å². The number of hydrogen-bond acceptors (Lipinski definition) is 5. The third-order valence-electron chi connectivity index (χ3n) is 5.01. The highest BCUT2D eigenvalue weighted by atomic mass is 35.5. The maximum absolute atomic E-state index is 12.9. The van der Waals surface area contributed by atoms with E-state index in [1.54, 1.807) is 18.2 Å². The van der Waals surface area contributed by atoms with Crippen molar-refractivity contribution in [2.45, 2.75) is 19.4 Å². The molecule has 1 aliphatic rings. The van der Waals surface area contributed by atoms with Gasteiger partial charge in [0.15, 0.2) is 0 Å². The number of nitrogens with zero attached hydrogens (tertiary/aromatic N) is 2. The number of hydrogen-bond donors (Lipinski definition) is 2. The lowest BCUT2D eigenvalue weighted by Gasteiger charge is -2.30. The van der Waals surface area contributed by atoms with E-state index in [2.05, 4.69) is 27.7 Å². The van der Waals surface area contributed by atoms with E-state index in [1.807, 2.05) is 30.3 Å². The monoisotopic (exact) mass is 396 g/mol. The van der Waals surface area contributed by atoms with Crippen molar-refractivity contribution in [2.75, 3.05) is 13.1 Å². The summed E-state index contributed by atoms with van der Waals surface area (Å²) in [6.45, 7) is 3.95. The van der Waals surface area contributed by atoms with Gasteiger partial charge in [-0.2, -0.15) is 4.98 Å². The molecule has 1 aliphatic heterocycles. The van der Waals surface area contributed by atoms with Crippen LogP contribution in [0.1, 0.15) is 23.7 Å². The van der Waals surface area contributed by atoms with Crippen LogP contribution >= 0.6 is 11.6 Å². The van der Waals surface area contributed by atoms with Crippen LogP contribution in [0, 0.1) is 5.92 Å². The van der Waals surface area contributed by atoms with Crippen LogP contribution in [0.4, 0.5) is 0 Å². The lowest BCUT2D eigenvalue weighted by Crippen LogP contribution is -2.48. The Labute approximate surface area is 168 Å². The number of amides is 1. The van der Waals surface area contributed by atoms with E-state index in [-0.39, 0.29) is 11.9 Å². The molecule has 144 valence electrons. The number of carbonyl (C=O) groups excluding carboxylic acids is 1. The molecule has 0 spiro atoms. The highest BCUT2D eigenvalue weighted by Gasteiger charge is 2.25. The van der Waals surface area contributed by atoms with E-state index >= 15 is 0 Å². The first-order valence-electron chi connectivity index (χ1n) is 9.32. The molecule has 2 atom stereocenters. The maximum Gasteiger partial charge on any atom is 0.259 e. The summed E-state index contributed by atoms with van der Waals surface area (Å²) in [5.41, 5.74) is 1.89. The van der Waals surface area contributed by atoms with Gasteiger partial charge >= 0.3 is 0 Å². The SMILES string of the molecule is CC1CNCCC1NC(=O)c1ccccc1-c1nc(-c2cccc(Cl)c2)no1. The van der Waals surface area contributed by atoms with Crippen LogP contribution in [-0.2, 0) is 0 Å². The molecule has 0 aliphatic carbocycles. The van der Waals surface area contributed by atoms with Crippen LogP contribution in [-0.4, -0.2) is 35.2 Å². The van der Waals surface area contributed by atoms with Crippen molar-refractivity contribution in [3.8, 4) is 22.8 Å². The van der Waals surface area contributed by atoms with Gasteiger partial charge in [0.1, 0.15) is 0 Å². The minimum Gasteiger partial charge on any atom is -0.349 e. The molecule has 0 bridgehead atoms. The van der Waals surface area contributed by atoms with Crippen molar-refractivity contribution in [3.63, 3.8) is 0 Å². The minimum absolute atomic E-state index is 0.128. The molecule has 1 fully saturated rings. The lowest BCUT2D eigenvalue weighted by atomic mass is 9.94. The Morgan fingerprint density at radius 1 is 1.25 bits per heavy atom. The van der Waals surface area contributed by atoms with Crippen molar-refractivity contribution in [2.24, 2.45) is 5.92 Å². The Balaban J connectivity index is 1.60. The summed E-state index contributed by atoms with van der Waals surface area (Å²) in [5, 5.41) is 11.1. The second-order valence-corrected chi connectivity index (χ2v) is 7.47. The van der Waals surface area contributed by atoms with E-state index in [4.69, 9.17) is 16.1 Å². The molecule has 1 amide bonds. The highest BCUT2D eigenvalue weighted by molar-refractivity contribution is 6.30. The molecule has 1 saturated heterocycles. The van der Waals surface area contributed by atoms with Gasteiger partial charge in [0, 0.05) is 16.6 Å². The molecule has 3 aromatic rings. The molecular formula is C21H21ClN4O2. The van der Waals surface area contributed by atoms with Crippen LogP contribution in [0.3, 0.4) is 0 Å². The molecule has 4 rings (SSSR count). The number of rotatable bonds is 4. The number of nitrogens with one attached hydrogen (secondary N) is 2. The van der Waals surface area contributed by atoms with Gasteiger partial charge in [0.05, 0.1) is 11.1 Å². The van der Waals surface area contributed by atoms with E-state index in [0.717, 1.165) is 25.1 Å². The summed E-state index contributed by atoms with van der Waals surface area (Å²) in [6.07, 6.45) is 0.911.